The maximum atomic E-state index is 14.6. The molecule has 7 aromatic rings. The Morgan fingerprint density at radius 1 is 0.667 bits per heavy atom. The zero-order valence-electron chi connectivity index (χ0n) is 23.2. The molecule has 0 amide bonds. The number of halogens is 1. The standard InChI is InChI=1S/C37H27FN2OS/c1-37(2,26-12-4-3-5-13-26)27-16-17-32(41)31(21-27)36-40-35-29(14-7-15-33(35)42-36)23-9-6-10-24(19-23)30-22-28(38)20-25-11-8-18-39-34(25)30/h3-22,41H,1-2H3. The van der Waals surface area contributed by atoms with Crippen LogP contribution in [0, 0.1) is 5.82 Å². The molecule has 7 rings (SSSR count). The molecule has 0 saturated heterocycles. The molecule has 0 fully saturated rings. The summed E-state index contributed by atoms with van der Waals surface area (Å²) in [7, 11) is 0. The van der Waals surface area contributed by atoms with E-state index in [1.165, 1.54) is 11.6 Å². The normalized spacial score (nSPS) is 11.8. The first kappa shape index (κ1) is 26.1. The molecule has 0 saturated carbocycles. The number of phenols is 1. The molecule has 2 heterocycles. The van der Waals surface area contributed by atoms with Crippen molar-refractivity contribution in [3.63, 3.8) is 0 Å². The molecular weight excluding hydrogens is 539 g/mol. The molecule has 1 N–H and O–H groups in total. The Hall–Kier alpha value is -4.87. The van der Waals surface area contributed by atoms with E-state index in [4.69, 9.17) is 4.98 Å². The van der Waals surface area contributed by atoms with Gasteiger partial charge in [0.2, 0.25) is 0 Å². The van der Waals surface area contributed by atoms with Gasteiger partial charge in [0.15, 0.2) is 0 Å². The summed E-state index contributed by atoms with van der Waals surface area (Å²) in [5.41, 5.74) is 7.99. The van der Waals surface area contributed by atoms with Gasteiger partial charge >= 0.3 is 0 Å². The van der Waals surface area contributed by atoms with Crippen LogP contribution < -0.4 is 0 Å². The van der Waals surface area contributed by atoms with Crippen LogP contribution in [0.4, 0.5) is 4.39 Å². The van der Waals surface area contributed by atoms with Gasteiger partial charge in [0.05, 0.1) is 21.3 Å². The maximum Gasteiger partial charge on any atom is 0.128 e. The average Bonchev–Trinajstić information content (AvgIpc) is 3.45. The summed E-state index contributed by atoms with van der Waals surface area (Å²) in [6, 6.07) is 37.2. The number of aromatic nitrogens is 2. The quantitative estimate of drug-likeness (QED) is 0.225. The van der Waals surface area contributed by atoms with Gasteiger partial charge in [-0.05, 0) is 64.7 Å². The Kier molecular flexibility index (Phi) is 6.33. The predicted octanol–water partition coefficient (Wildman–Crippen LogP) is 10.0. The molecule has 5 aromatic carbocycles. The molecular formula is C37H27FN2OS. The van der Waals surface area contributed by atoms with Crippen molar-refractivity contribution in [2.45, 2.75) is 19.3 Å². The highest BCUT2D eigenvalue weighted by Gasteiger charge is 2.25. The average molecular weight is 567 g/mol. The molecule has 42 heavy (non-hydrogen) atoms. The highest BCUT2D eigenvalue weighted by Crippen LogP contribution is 2.42. The lowest BCUT2D eigenvalue weighted by Gasteiger charge is -2.26. The van der Waals surface area contributed by atoms with E-state index in [1.54, 1.807) is 29.7 Å². The van der Waals surface area contributed by atoms with Crippen molar-refractivity contribution in [2.24, 2.45) is 0 Å². The van der Waals surface area contributed by atoms with E-state index < -0.39 is 0 Å². The van der Waals surface area contributed by atoms with Gasteiger partial charge in [0.1, 0.15) is 16.6 Å². The highest BCUT2D eigenvalue weighted by atomic mass is 32.1. The van der Waals surface area contributed by atoms with Crippen LogP contribution in [-0.4, -0.2) is 15.1 Å². The fourth-order valence-electron chi connectivity index (χ4n) is 5.64. The summed E-state index contributed by atoms with van der Waals surface area (Å²) in [5, 5.41) is 12.5. The summed E-state index contributed by atoms with van der Waals surface area (Å²) in [5.74, 6) is -0.0877. The zero-order valence-corrected chi connectivity index (χ0v) is 24.0. The van der Waals surface area contributed by atoms with Crippen LogP contribution in [-0.2, 0) is 5.41 Å². The van der Waals surface area contributed by atoms with Crippen LogP contribution >= 0.6 is 11.3 Å². The minimum absolute atomic E-state index is 0.204. The lowest BCUT2D eigenvalue weighted by molar-refractivity contribution is 0.476. The summed E-state index contributed by atoms with van der Waals surface area (Å²) < 4.78 is 15.6. The SMILES string of the molecule is CC(C)(c1ccccc1)c1ccc(O)c(-c2nc3c(-c4cccc(-c5cc(F)cc6cccnc56)c4)cccc3s2)c1. The number of benzene rings is 5. The molecule has 0 bridgehead atoms. The van der Waals surface area contributed by atoms with Crippen molar-refractivity contribution in [1.82, 2.24) is 9.97 Å². The second kappa shape index (κ2) is 10.2. The van der Waals surface area contributed by atoms with Crippen LogP contribution in [0.5, 0.6) is 5.75 Å². The van der Waals surface area contributed by atoms with Gasteiger partial charge in [-0.15, -0.1) is 11.3 Å². The Morgan fingerprint density at radius 3 is 2.29 bits per heavy atom. The van der Waals surface area contributed by atoms with Gasteiger partial charge < -0.3 is 5.11 Å². The first-order valence-electron chi connectivity index (χ1n) is 13.8. The van der Waals surface area contributed by atoms with Crippen molar-refractivity contribution < 1.29 is 9.50 Å². The first-order chi connectivity index (χ1) is 20.4. The number of phenolic OH excluding ortho intramolecular Hbond substituents is 1. The Bertz CT molecular complexity index is 2100. The monoisotopic (exact) mass is 566 g/mol. The van der Waals surface area contributed by atoms with E-state index in [0.717, 1.165) is 59.5 Å². The van der Waals surface area contributed by atoms with E-state index in [2.05, 4.69) is 67.4 Å². The Balaban J connectivity index is 1.33. The number of hydrogen-bond donors (Lipinski definition) is 1. The molecule has 5 heteroatoms. The Labute approximate surface area is 247 Å². The van der Waals surface area contributed by atoms with Gasteiger partial charge in [-0.3, -0.25) is 4.98 Å². The first-order valence-corrected chi connectivity index (χ1v) is 14.6. The minimum atomic E-state index is -0.292. The van der Waals surface area contributed by atoms with Crippen LogP contribution in [0.25, 0.3) is 53.9 Å². The van der Waals surface area contributed by atoms with Crippen molar-refractivity contribution in [1.29, 1.82) is 0 Å². The van der Waals surface area contributed by atoms with Crippen LogP contribution in [0.2, 0.25) is 0 Å². The second-order valence-electron chi connectivity index (χ2n) is 11.0. The molecule has 0 unspecified atom stereocenters. The third kappa shape index (κ3) is 4.52. The third-order valence-corrected chi connectivity index (χ3v) is 9.07. The summed E-state index contributed by atoms with van der Waals surface area (Å²) in [6.07, 6.45) is 1.73. The van der Waals surface area contributed by atoms with Gasteiger partial charge in [-0.2, -0.15) is 0 Å². The number of para-hydroxylation sites is 1. The molecule has 0 atom stereocenters. The van der Waals surface area contributed by atoms with E-state index in [1.807, 2.05) is 48.5 Å². The number of thiazole rings is 1. The molecule has 2 aromatic heterocycles. The zero-order chi connectivity index (χ0) is 28.8. The molecule has 204 valence electrons. The highest BCUT2D eigenvalue weighted by molar-refractivity contribution is 7.21. The van der Waals surface area contributed by atoms with E-state index in [0.29, 0.717) is 0 Å². The molecule has 0 spiro atoms. The van der Waals surface area contributed by atoms with E-state index >= 15 is 0 Å². The number of rotatable bonds is 5. The van der Waals surface area contributed by atoms with Crippen molar-refractivity contribution in [3.05, 3.63) is 138 Å². The fourth-order valence-corrected chi connectivity index (χ4v) is 6.66. The second-order valence-corrected chi connectivity index (χ2v) is 12.0. The molecule has 0 aliphatic carbocycles. The molecule has 0 aliphatic heterocycles. The number of hydrogen-bond acceptors (Lipinski definition) is 4. The van der Waals surface area contributed by atoms with Crippen LogP contribution in [0.1, 0.15) is 25.0 Å². The largest absolute Gasteiger partial charge is 0.507 e. The smallest absolute Gasteiger partial charge is 0.128 e. The summed E-state index contributed by atoms with van der Waals surface area (Å²) in [6.45, 7) is 4.39. The van der Waals surface area contributed by atoms with Gasteiger partial charge in [0, 0.05) is 28.1 Å². The lowest BCUT2D eigenvalue weighted by Crippen LogP contribution is -2.18. The van der Waals surface area contributed by atoms with Crippen molar-refractivity contribution >= 4 is 32.5 Å². The molecule has 0 aliphatic rings. The van der Waals surface area contributed by atoms with Crippen molar-refractivity contribution in [2.75, 3.05) is 0 Å². The molecule has 3 nitrogen and oxygen atoms in total. The lowest BCUT2D eigenvalue weighted by atomic mass is 9.77. The molecule has 0 radical (unpaired) electrons. The fraction of sp³-hybridized carbons (Fsp3) is 0.0811. The minimum Gasteiger partial charge on any atom is -0.507 e. The number of fused-ring (bicyclic) bond motifs is 2. The van der Waals surface area contributed by atoms with E-state index in [9.17, 15) is 9.50 Å². The summed E-state index contributed by atoms with van der Waals surface area (Å²) in [4.78, 5) is 9.61. The number of nitrogens with zero attached hydrogens (tertiary/aromatic N) is 2. The van der Waals surface area contributed by atoms with Crippen molar-refractivity contribution in [3.8, 4) is 38.6 Å². The number of aromatic hydroxyl groups is 1. The predicted molar refractivity (Wildman–Crippen MR) is 171 cm³/mol. The van der Waals surface area contributed by atoms with E-state index in [-0.39, 0.29) is 17.0 Å². The number of pyridine rings is 1. The maximum absolute atomic E-state index is 14.6. The topological polar surface area (TPSA) is 46.0 Å². The summed E-state index contributed by atoms with van der Waals surface area (Å²) >= 11 is 1.56. The van der Waals surface area contributed by atoms with Gasteiger partial charge in [-0.1, -0.05) is 86.6 Å². The third-order valence-electron chi connectivity index (χ3n) is 8.02. The van der Waals surface area contributed by atoms with Gasteiger partial charge in [0.25, 0.3) is 0 Å². The van der Waals surface area contributed by atoms with Crippen LogP contribution in [0.3, 0.4) is 0 Å². The van der Waals surface area contributed by atoms with Gasteiger partial charge in [-0.25, -0.2) is 9.37 Å². The Morgan fingerprint density at radius 2 is 1.45 bits per heavy atom. The van der Waals surface area contributed by atoms with Crippen LogP contribution in [0.15, 0.2) is 121 Å².